The van der Waals surface area contributed by atoms with Crippen molar-refractivity contribution in [3.8, 4) is 0 Å². The van der Waals surface area contributed by atoms with Crippen molar-refractivity contribution in [3.63, 3.8) is 0 Å². The topological polar surface area (TPSA) is 26.0 Å². The number of allylic oxidation sites excluding steroid dienone is 2. The van der Waals surface area contributed by atoms with E-state index >= 15 is 0 Å². The van der Waals surface area contributed by atoms with Gasteiger partial charge < -0.3 is 5.73 Å². The molecule has 0 saturated carbocycles. The molecule has 1 heteroatoms. The zero-order valence-corrected chi connectivity index (χ0v) is 17.1. The number of hydrogen-bond acceptors (Lipinski definition) is 1. The van der Waals surface area contributed by atoms with Gasteiger partial charge >= 0.3 is 0 Å². The van der Waals surface area contributed by atoms with Gasteiger partial charge in [-0.3, -0.25) is 0 Å². The van der Waals surface area contributed by atoms with E-state index in [1.807, 2.05) is 0 Å². The summed E-state index contributed by atoms with van der Waals surface area (Å²) in [6.45, 7) is 0.858. The Morgan fingerprint density at radius 1 is 0.538 bits per heavy atom. The summed E-state index contributed by atoms with van der Waals surface area (Å²) in [5, 5.41) is 0. The van der Waals surface area contributed by atoms with Crippen LogP contribution < -0.4 is 5.73 Å². The fraction of sp³-hybridized carbons (Fsp3) is 0.680. The summed E-state index contributed by atoms with van der Waals surface area (Å²) in [4.78, 5) is 0. The zero-order chi connectivity index (χ0) is 18.5. The van der Waals surface area contributed by atoms with Crippen molar-refractivity contribution < 1.29 is 0 Å². The van der Waals surface area contributed by atoms with Crippen LogP contribution in [0.5, 0.6) is 0 Å². The molecule has 1 aromatic carbocycles. The molecule has 0 aliphatic rings. The Morgan fingerprint density at radius 3 is 1.54 bits per heavy atom. The molecule has 0 radical (unpaired) electrons. The third-order valence-corrected chi connectivity index (χ3v) is 5.17. The van der Waals surface area contributed by atoms with Gasteiger partial charge in [-0.25, -0.2) is 0 Å². The molecular weight excluding hydrogens is 314 g/mol. The molecule has 0 bridgehead atoms. The van der Waals surface area contributed by atoms with Gasteiger partial charge in [0.05, 0.1) is 0 Å². The lowest BCUT2D eigenvalue weighted by Gasteiger charge is -2.02. The van der Waals surface area contributed by atoms with E-state index in [4.69, 9.17) is 5.73 Å². The van der Waals surface area contributed by atoms with Gasteiger partial charge in [0.15, 0.2) is 0 Å². The van der Waals surface area contributed by atoms with E-state index in [9.17, 15) is 0 Å². The van der Waals surface area contributed by atoms with Gasteiger partial charge in [0.2, 0.25) is 0 Å². The largest absolute Gasteiger partial charge is 0.330 e. The Morgan fingerprint density at radius 2 is 1.00 bits per heavy atom. The smallest absolute Gasteiger partial charge is 0.00773 e. The van der Waals surface area contributed by atoms with Gasteiger partial charge in [-0.1, -0.05) is 100 Å². The van der Waals surface area contributed by atoms with E-state index in [1.165, 1.54) is 108 Å². The number of nitrogens with two attached hydrogens (primary N) is 1. The van der Waals surface area contributed by atoms with Crippen LogP contribution in [0.15, 0.2) is 42.5 Å². The highest BCUT2D eigenvalue weighted by atomic mass is 14.5. The lowest BCUT2D eigenvalue weighted by atomic mass is 10.0. The second-order valence-electron chi connectivity index (χ2n) is 7.67. The van der Waals surface area contributed by atoms with Crippen molar-refractivity contribution in [1.82, 2.24) is 0 Å². The summed E-state index contributed by atoms with van der Waals surface area (Å²) in [5.41, 5.74) is 7.00. The van der Waals surface area contributed by atoms with Gasteiger partial charge in [-0.05, 0) is 57.1 Å². The predicted molar refractivity (Wildman–Crippen MR) is 118 cm³/mol. The van der Waals surface area contributed by atoms with Crippen molar-refractivity contribution >= 4 is 0 Å². The molecule has 148 valence electrons. The summed E-state index contributed by atoms with van der Waals surface area (Å²) < 4.78 is 0. The molecule has 26 heavy (non-hydrogen) atoms. The summed E-state index contributed by atoms with van der Waals surface area (Å²) in [6.07, 6.45) is 26.4. The van der Waals surface area contributed by atoms with Crippen molar-refractivity contribution in [2.24, 2.45) is 5.73 Å². The van der Waals surface area contributed by atoms with Crippen LogP contribution in [0.1, 0.15) is 102 Å². The first-order valence-corrected chi connectivity index (χ1v) is 11.3. The first kappa shape index (κ1) is 23.0. The van der Waals surface area contributed by atoms with Crippen LogP contribution in [0.25, 0.3) is 0 Å². The van der Waals surface area contributed by atoms with E-state index < -0.39 is 0 Å². The average Bonchev–Trinajstić information content (AvgIpc) is 2.68. The molecular formula is C25H43N. The van der Waals surface area contributed by atoms with E-state index in [1.54, 1.807) is 0 Å². The quantitative estimate of drug-likeness (QED) is 0.212. The first-order valence-electron chi connectivity index (χ1n) is 11.3. The Bertz CT molecular complexity index is 409. The number of benzene rings is 1. The van der Waals surface area contributed by atoms with E-state index in [-0.39, 0.29) is 0 Å². The Balaban J connectivity index is 1.74. The van der Waals surface area contributed by atoms with Crippen molar-refractivity contribution in [2.75, 3.05) is 6.54 Å². The van der Waals surface area contributed by atoms with Gasteiger partial charge in [0.25, 0.3) is 0 Å². The number of aryl methyl sites for hydroxylation is 1. The molecule has 1 nitrogen and oxygen atoms in total. The highest BCUT2D eigenvalue weighted by Gasteiger charge is 1.94. The Hall–Kier alpha value is -1.08. The molecule has 0 aromatic heterocycles. The lowest BCUT2D eigenvalue weighted by molar-refractivity contribution is 0.580. The van der Waals surface area contributed by atoms with Gasteiger partial charge in [-0.15, -0.1) is 0 Å². The normalized spacial score (nSPS) is 11.4. The van der Waals surface area contributed by atoms with Crippen LogP contribution in [-0.2, 0) is 6.42 Å². The Kier molecular flexibility index (Phi) is 16.5. The third kappa shape index (κ3) is 15.2. The molecule has 0 unspecified atom stereocenters. The first-order chi connectivity index (χ1) is 12.9. The number of rotatable bonds is 18. The average molecular weight is 358 g/mol. The summed E-state index contributed by atoms with van der Waals surface area (Å²) >= 11 is 0. The third-order valence-electron chi connectivity index (χ3n) is 5.17. The molecule has 0 fully saturated rings. The molecule has 0 amide bonds. The summed E-state index contributed by atoms with van der Waals surface area (Å²) in [5.74, 6) is 0. The van der Waals surface area contributed by atoms with Gasteiger partial charge in [0.1, 0.15) is 0 Å². The maximum Gasteiger partial charge on any atom is -0.00773 e. The highest BCUT2D eigenvalue weighted by molar-refractivity contribution is 5.14. The zero-order valence-electron chi connectivity index (χ0n) is 17.1. The van der Waals surface area contributed by atoms with E-state index in [2.05, 4.69) is 42.5 Å². The van der Waals surface area contributed by atoms with Crippen LogP contribution in [0.2, 0.25) is 0 Å². The second-order valence-corrected chi connectivity index (χ2v) is 7.67. The van der Waals surface area contributed by atoms with Gasteiger partial charge in [-0.2, -0.15) is 0 Å². The molecule has 2 N–H and O–H groups in total. The summed E-state index contributed by atoms with van der Waals surface area (Å²) in [7, 11) is 0. The van der Waals surface area contributed by atoms with Crippen LogP contribution in [0.3, 0.4) is 0 Å². The molecule has 0 spiro atoms. The van der Waals surface area contributed by atoms with Crippen LogP contribution in [0.4, 0.5) is 0 Å². The maximum absolute atomic E-state index is 5.51. The highest BCUT2D eigenvalue weighted by Crippen LogP contribution is 2.12. The number of unbranched alkanes of at least 4 members (excludes halogenated alkanes) is 13. The van der Waals surface area contributed by atoms with Crippen LogP contribution in [-0.4, -0.2) is 6.54 Å². The van der Waals surface area contributed by atoms with Crippen LogP contribution >= 0.6 is 0 Å². The Labute approximate surface area is 163 Å². The minimum Gasteiger partial charge on any atom is -0.330 e. The molecule has 0 heterocycles. The molecule has 0 aliphatic heterocycles. The molecule has 0 aliphatic carbocycles. The molecule has 0 saturated heterocycles. The summed E-state index contributed by atoms with van der Waals surface area (Å²) in [6, 6.07) is 10.9. The SMILES string of the molecule is NCCCCCCCC/C=C\CCCCCCCCCc1ccccc1. The van der Waals surface area contributed by atoms with E-state index in [0.717, 1.165) is 6.54 Å². The fourth-order valence-corrected chi connectivity index (χ4v) is 3.47. The monoisotopic (exact) mass is 357 g/mol. The molecule has 1 rings (SSSR count). The number of hydrogen-bond donors (Lipinski definition) is 1. The van der Waals surface area contributed by atoms with Crippen molar-refractivity contribution in [2.45, 2.75) is 103 Å². The lowest BCUT2D eigenvalue weighted by Crippen LogP contribution is -1.97. The maximum atomic E-state index is 5.51. The fourth-order valence-electron chi connectivity index (χ4n) is 3.47. The van der Waals surface area contributed by atoms with Crippen molar-refractivity contribution in [3.05, 3.63) is 48.0 Å². The second kappa shape index (κ2) is 18.7. The predicted octanol–water partition coefficient (Wildman–Crippen LogP) is 7.60. The van der Waals surface area contributed by atoms with E-state index in [0.29, 0.717) is 0 Å². The standard InChI is InChI=1S/C25H43N/c26-24-20-15-13-11-9-7-5-3-1-2-4-6-8-10-12-14-17-21-25-22-18-16-19-23-25/h1,3,16,18-19,22-23H,2,4-15,17,20-21,24,26H2/b3-1-. The molecule has 1 aromatic rings. The molecule has 0 atom stereocenters. The van der Waals surface area contributed by atoms with Crippen LogP contribution in [0, 0.1) is 0 Å². The van der Waals surface area contributed by atoms with Gasteiger partial charge in [0, 0.05) is 0 Å². The minimum absolute atomic E-state index is 0.858. The van der Waals surface area contributed by atoms with Crippen molar-refractivity contribution in [1.29, 1.82) is 0 Å². The minimum atomic E-state index is 0.858.